The SMILES string of the molecule is CCc1ncnc(NCCCN)c1F. The minimum absolute atomic E-state index is 0.269. The lowest BCUT2D eigenvalue weighted by atomic mass is 10.3. The quantitative estimate of drug-likeness (QED) is 0.691. The fraction of sp³-hybridized carbons (Fsp3) is 0.556. The highest BCUT2D eigenvalue weighted by atomic mass is 19.1. The van der Waals surface area contributed by atoms with Crippen LogP contribution in [0.15, 0.2) is 6.33 Å². The van der Waals surface area contributed by atoms with Gasteiger partial charge in [0.25, 0.3) is 0 Å². The highest BCUT2D eigenvalue weighted by molar-refractivity contribution is 5.36. The summed E-state index contributed by atoms with van der Waals surface area (Å²) in [6, 6.07) is 0. The average molecular weight is 198 g/mol. The molecule has 0 saturated heterocycles. The van der Waals surface area contributed by atoms with Gasteiger partial charge in [0.05, 0.1) is 5.69 Å². The van der Waals surface area contributed by atoms with E-state index in [0.717, 1.165) is 6.42 Å². The van der Waals surface area contributed by atoms with Crippen molar-refractivity contribution < 1.29 is 4.39 Å². The van der Waals surface area contributed by atoms with Gasteiger partial charge in [0, 0.05) is 6.54 Å². The molecule has 0 fully saturated rings. The second kappa shape index (κ2) is 5.49. The van der Waals surface area contributed by atoms with Crippen LogP contribution < -0.4 is 11.1 Å². The topological polar surface area (TPSA) is 63.8 Å². The van der Waals surface area contributed by atoms with E-state index in [2.05, 4.69) is 15.3 Å². The summed E-state index contributed by atoms with van der Waals surface area (Å²) in [5.74, 6) is -0.0858. The van der Waals surface area contributed by atoms with E-state index in [1.165, 1.54) is 6.33 Å². The van der Waals surface area contributed by atoms with Crippen molar-refractivity contribution in [1.82, 2.24) is 9.97 Å². The predicted molar refractivity (Wildman–Crippen MR) is 53.5 cm³/mol. The standard InChI is InChI=1S/C9H15FN4/c1-2-7-8(10)9(14-6-13-7)12-5-3-4-11/h6H,2-5,11H2,1H3,(H,12,13,14). The molecule has 0 unspecified atom stereocenters. The monoisotopic (exact) mass is 198 g/mol. The van der Waals surface area contributed by atoms with Gasteiger partial charge in [-0.3, -0.25) is 0 Å². The normalized spacial score (nSPS) is 10.2. The molecule has 0 saturated carbocycles. The molecule has 0 aliphatic carbocycles. The van der Waals surface area contributed by atoms with Crippen molar-refractivity contribution in [3.63, 3.8) is 0 Å². The number of rotatable bonds is 5. The number of nitrogens with zero attached hydrogens (tertiary/aromatic N) is 2. The lowest BCUT2D eigenvalue weighted by Crippen LogP contribution is -2.11. The van der Waals surface area contributed by atoms with Crippen LogP contribution in [0.4, 0.5) is 10.2 Å². The molecule has 0 aromatic carbocycles. The van der Waals surface area contributed by atoms with Crippen LogP contribution >= 0.6 is 0 Å². The summed E-state index contributed by atoms with van der Waals surface area (Å²) in [7, 11) is 0. The molecule has 3 N–H and O–H groups in total. The number of nitrogens with one attached hydrogen (secondary N) is 1. The van der Waals surface area contributed by atoms with Gasteiger partial charge in [-0.1, -0.05) is 6.92 Å². The molecule has 1 aromatic heterocycles. The summed E-state index contributed by atoms with van der Waals surface area (Å²) in [6.45, 7) is 3.07. The Kier molecular flexibility index (Phi) is 4.25. The number of nitrogens with two attached hydrogens (primary N) is 1. The maximum absolute atomic E-state index is 13.5. The van der Waals surface area contributed by atoms with Crippen LogP contribution in [0, 0.1) is 5.82 Å². The first-order chi connectivity index (χ1) is 6.79. The number of halogens is 1. The molecule has 0 aliphatic heterocycles. The Labute approximate surface area is 82.8 Å². The van der Waals surface area contributed by atoms with Crippen LogP contribution in [0.5, 0.6) is 0 Å². The van der Waals surface area contributed by atoms with Gasteiger partial charge in [0.1, 0.15) is 6.33 Å². The van der Waals surface area contributed by atoms with Gasteiger partial charge < -0.3 is 11.1 Å². The van der Waals surface area contributed by atoms with E-state index in [4.69, 9.17) is 5.73 Å². The van der Waals surface area contributed by atoms with Gasteiger partial charge in [-0.05, 0) is 19.4 Å². The summed E-state index contributed by atoms with van der Waals surface area (Å²) in [6.07, 6.45) is 2.73. The number of hydrogen-bond acceptors (Lipinski definition) is 4. The van der Waals surface area contributed by atoms with Crippen LogP contribution in [-0.2, 0) is 6.42 Å². The van der Waals surface area contributed by atoms with Gasteiger partial charge in [0.2, 0.25) is 0 Å². The summed E-state index contributed by atoms with van der Waals surface area (Å²) in [4.78, 5) is 7.66. The lowest BCUT2D eigenvalue weighted by Gasteiger charge is -2.06. The van der Waals surface area contributed by atoms with Crippen molar-refractivity contribution in [3.05, 3.63) is 17.8 Å². The van der Waals surface area contributed by atoms with Crippen molar-refractivity contribution in [2.45, 2.75) is 19.8 Å². The van der Waals surface area contributed by atoms with E-state index >= 15 is 0 Å². The third-order valence-electron chi connectivity index (χ3n) is 1.87. The lowest BCUT2D eigenvalue weighted by molar-refractivity contribution is 0.596. The third kappa shape index (κ3) is 2.63. The third-order valence-corrected chi connectivity index (χ3v) is 1.87. The van der Waals surface area contributed by atoms with Gasteiger partial charge in [0.15, 0.2) is 11.6 Å². The second-order valence-electron chi connectivity index (χ2n) is 2.91. The molecule has 0 spiro atoms. The van der Waals surface area contributed by atoms with Crippen molar-refractivity contribution in [1.29, 1.82) is 0 Å². The molecule has 0 aliphatic rings. The van der Waals surface area contributed by atoms with E-state index in [0.29, 0.717) is 25.2 Å². The van der Waals surface area contributed by atoms with Crippen LogP contribution in [0.3, 0.4) is 0 Å². The first-order valence-corrected chi connectivity index (χ1v) is 4.73. The van der Waals surface area contributed by atoms with E-state index in [9.17, 15) is 4.39 Å². The maximum atomic E-state index is 13.5. The first kappa shape index (κ1) is 10.8. The van der Waals surface area contributed by atoms with Crippen molar-refractivity contribution in [2.75, 3.05) is 18.4 Å². The molecule has 0 atom stereocenters. The average Bonchev–Trinajstić information content (AvgIpc) is 2.21. The Balaban J connectivity index is 2.66. The summed E-state index contributed by atoms with van der Waals surface area (Å²) >= 11 is 0. The highest BCUT2D eigenvalue weighted by Crippen LogP contribution is 2.12. The maximum Gasteiger partial charge on any atom is 0.186 e. The molecular formula is C9H15FN4. The van der Waals surface area contributed by atoms with Gasteiger partial charge in [-0.15, -0.1) is 0 Å². The predicted octanol–water partition coefficient (Wildman–Crippen LogP) is 0.939. The Morgan fingerprint density at radius 2 is 2.29 bits per heavy atom. The van der Waals surface area contributed by atoms with Crippen LogP contribution in [0.25, 0.3) is 0 Å². The molecular weight excluding hydrogens is 183 g/mol. The summed E-state index contributed by atoms with van der Waals surface area (Å²) < 4.78 is 13.5. The molecule has 1 rings (SSSR count). The molecule has 78 valence electrons. The number of anilines is 1. The van der Waals surface area contributed by atoms with E-state index < -0.39 is 0 Å². The zero-order valence-corrected chi connectivity index (χ0v) is 8.26. The Morgan fingerprint density at radius 1 is 1.50 bits per heavy atom. The zero-order chi connectivity index (χ0) is 10.4. The molecule has 0 bridgehead atoms. The molecule has 5 heteroatoms. The van der Waals surface area contributed by atoms with Crippen LogP contribution in [0.1, 0.15) is 19.0 Å². The molecule has 14 heavy (non-hydrogen) atoms. The molecule has 1 aromatic rings. The van der Waals surface area contributed by atoms with Crippen molar-refractivity contribution in [2.24, 2.45) is 5.73 Å². The van der Waals surface area contributed by atoms with Crippen LogP contribution in [0.2, 0.25) is 0 Å². The van der Waals surface area contributed by atoms with Gasteiger partial charge >= 0.3 is 0 Å². The number of hydrogen-bond donors (Lipinski definition) is 2. The largest absolute Gasteiger partial charge is 0.367 e. The van der Waals surface area contributed by atoms with Crippen LogP contribution in [-0.4, -0.2) is 23.1 Å². The number of aryl methyl sites for hydroxylation is 1. The van der Waals surface area contributed by atoms with Crippen molar-refractivity contribution in [3.8, 4) is 0 Å². The fourth-order valence-electron chi connectivity index (χ4n) is 1.08. The second-order valence-corrected chi connectivity index (χ2v) is 2.91. The Hall–Kier alpha value is -1.23. The molecule has 4 nitrogen and oxygen atoms in total. The molecule has 0 radical (unpaired) electrons. The Bertz CT molecular complexity index is 290. The minimum atomic E-state index is -0.355. The van der Waals surface area contributed by atoms with E-state index in [1.807, 2.05) is 6.92 Å². The summed E-state index contributed by atoms with van der Waals surface area (Å²) in [5, 5.41) is 2.88. The zero-order valence-electron chi connectivity index (χ0n) is 8.26. The van der Waals surface area contributed by atoms with Crippen molar-refractivity contribution >= 4 is 5.82 Å². The van der Waals surface area contributed by atoms with E-state index in [1.54, 1.807) is 0 Å². The first-order valence-electron chi connectivity index (χ1n) is 4.73. The molecule has 1 heterocycles. The molecule has 0 amide bonds. The fourth-order valence-corrected chi connectivity index (χ4v) is 1.08. The highest BCUT2D eigenvalue weighted by Gasteiger charge is 2.07. The van der Waals surface area contributed by atoms with Gasteiger partial charge in [-0.2, -0.15) is 0 Å². The van der Waals surface area contributed by atoms with Gasteiger partial charge in [-0.25, -0.2) is 14.4 Å². The van der Waals surface area contributed by atoms with E-state index in [-0.39, 0.29) is 11.6 Å². The Morgan fingerprint density at radius 3 is 2.93 bits per heavy atom. The summed E-state index contributed by atoms with van der Waals surface area (Å²) in [5.41, 5.74) is 5.76. The minimum Gasteiger partial charge on any atom is -0.367 e. The number of aromatic nitrogens is 2. The smallest absolute Gasteiger partial charge is 0.186 e.